The second kappa shape index (κ2) is 11.5. The number of aliphatic hydroxyl groups is 1. The monoisotopic (exact) mass is 504 g/mol. The number of amides is 1. The molecule has 1 aliphatic carbocycles. The van der Waals surface area contributed by atoms with E-state index in [1.165, 1.54) is 0 Å². The summed E-state index contributed by atoms with van der Waals surface area (Å²) in [5.41, 5.74) is 1.04. The molecule has 3 atom stereocenters. The Bertz CT molecular complexity index is 1170. The minimum absolute atomic E-state index is 0.119. The number of para-hydroxylation sites is 1. The average molecular weight is 505 g/mol. The Morgan fingerprint density at radius 1 is 1.14 bits per heavy atom. The van der Waals surface area contributed by atoms with Gasteiger partial charge in [-0.05, 0) is 25.0 Å². The number of hydrogen-bond donors (Lipinski definition) is 2. The molecular formula is C29H36N4O4. The van der Waals surface area contributed by atoms with E-state index < -0.39 is 5.60 Å². The number of carbonyl (C=O) groups is 1. The van der Waals surface area contributed by atoms with Crippen molar-refractivity contribution in [3.05, 3.63) is 72.7 Å². The minimum Gasteiger partial charge on any atom is -0.491 e. The van der Waals surface area contributed by atoms with Gasteiger partial charge >= 0.3 is 0 Å². The summed E-state index contributed by atoms with van der Waals surface area (Å²) in [6.07, 6.45) is 5.12. The molecule has 8 nitrogen and oxygen atoms in total. The molecular weight excluding hydrogens is 468 g/mol. The summed E-state index contributed by atoms with van der Waals surface area (Å²) in [5.74, 6) is 0.663. The lowest BCUT2D eigenvalue weighted by molar-refractivity contribution is -0.0893. The van der Waals surface area contributed by atoms with Crippen LogP contribution in [0.4, 0.5) is 0 Å². The fourth-order valence-electron chi connectivity index (χ4n) is 5.68. The first-order valence-electron chi connectivity index (χ1n) is 13.1. The number of nitrogens with zero attached hydrogens (tertiary/aromatic N) is 3. The maximum absolute atomic E-state index is 14.1. The van der Waals surface area contributed by atoms with Gasteiger partial charge in [0.25, 0.3) is 5.91 Å². The molecule has 2 heterocycles. The van der Waals surface area contributed by atoms with E-state index >= 15 is 0 Å². The second-order valence-corrected chi connectivity index (χ2v) is 9.99. The molecule has 1 saturated heterocycles. The first-order valence-corrected chi connectivity index (χ1v) is 13.1. The van der Waals surface area contributed by atoms with Crippen molar-refractivity contribution in [1.82, 2.24) is 19.8 Å². The molecule has 1 aliphatic heterocycles. The number of imidazole rings is 1. The Morgan fingerprint density at radius 3 is 2.65 bits per heavy atom. The van der Waals surface area contributed by atoms with Crippen LogP contribution < -0.4 is 10.1 Å². The number of aromatic nitrogens is 2. The van der Waals surface area contributed by atoms with E-state index in [0.717, 1.165) is 36.3 Å². The lowest BCUT2D eigenvalue weighted by atomic mass is 9.80. The third-order valence-electron chi connectivity index (χ3n) is 7.53. The molecule has 5 rings (SSSR count). The fraction of sp³-hybridized carbons (Fsp3) is 0.448. The zero-order valence-corrected chi connectivity index (χ0v) is 21.4. The van der Waals surface area contributed by atoms with E-state index in [9.17, 15) is 9.90 Å². The van der Waals surface area contributed by atoms with Crippen molar-refractivity contribution < 1.29 is 19.4 Å². The lowest BCUT2D eigenvalue weighted by Crippen LogP contribution is -2.56. The maximum atomic E-state index is 14.1. The summed E-state index contributed by atoms with van der Waals surface area (Å²) < 4.78 is 13.5. The molecule has 0 bridgehead atoms. The Kier molecular flexibility index (Phi) is 7.88. The quantitative estimate of drug-likeness (QED) is 0.488. The lowest BCUT2D eigenvalue weighted by Gasteiger charge is -2.41. The number of carbonyl (C=O) groups excluding carboxylic acids is 1. The van der Waals surface area contributed by atoms with Crippen molar-refractivity contribution >= 4 is 5.91 Å². The van der Waals surface area contributed by atoms with Crippen molar-refractivity contribution in [2.75, 3.05) is 40.0 Å². The van der Waals surface area contributed by atoms with Crippen molar-refractivity contribution in [1.29, 1.82) is 0 Å². The van der Waals surface area contributed by atoms with E-state index in [0.29, 0.717) is 38.4 Å². The van der Waals surface area contributed by atoms with Gasteiger partial charge in [0.2, 0.25) is 0 Å². The summed E-state index contributed by atoms with van der Waals surface area (Å²) in [6.45, 7) is 2.56. The van der Waals surface area contributed by atoms with E-state index in [-0.39, 0.29) is 24.6 Å². The van der Waals surface area contributed by atoms with Gasteiger partial charge in [-0.2, -0.15) is 0 Å². The van der Waals surface area contributed by atoms with Gasteiger partial charge in [-0.3, -0.25) is 4.79 Å². The van der Waals surface area contributed by atoms with Crippen LogP contribution in [0.25, 0.3) is 11.3 Å². The van der Waals surface area contributed by atoms with E-state index in [1.807, 2.05) is 70.1 Å². The summed E-state index contributed by atoms with van der Waals surface area (Å²) in [5, 5.41) is 15.0. The highest BCUT2D eigenvalue weighted by atomic mass is 16.5. The van der Waals surface area contributed by atoms with Gasteiger partial charge in [-0.25, -0.2) is 4.98 Å². The highest BCUT2D eigenvalue weighted by Crippen LogP contribution is 2.41. The topological polar surface area (TPSA) is 88.8 Å². The highest BCUT2D eigenvalue weighted by Gasteiger charge is 2.42. The van der Waals surface area contributed by atoms with Crippen LogP contribution in [0.1, 0.15) is 42.2 Å². The number of hydrogen-bond acceptors (Lipinski definition) is 6. The Hall–Kier alpha value is -3.20. The number of piperazine rings is 1. The van der Waals surface area contributed by atoms with Crippen LogP contribution in [0.2, 0.25) is 0 Å². The second-order valence-electron chi connectivity index (χ2n) is 9.99. The van der Waals surface area contributed by atoms with Crippen molar-refractivity contribution in [3.8, 4) is 17.0 Å². The predicted molar refractivity (Wildman–Crippen MR) is 142 cm³/mol. The van der Waals surface area contributed by atoms with Crippen LogP contribution in [-0.2, 0) is 4.74 Å². The maximum Gasteiger partial charge on any atom is 0.275 e. The van der Waals surface area contributed by atoms with Crippen LogP contribution in [0.5, 0.6) is 5.75 Å². The zero-order valence-electron chi connectivity index (χ0n) is 21.4. The molecule has 0 radical (unpaired) electrons. The number of methoxy groups -OCH3 is 1. The number of nitrogens with one attached hydrogen (secondary N) is 1. The minimum atomic E-state index is -1.02. The van der Waals surface area contributed by atoms with Crippen LogP contribution in [0.3, 0.4) is 0 Å². The number of rotatable bonds is 8. The third kappa shape index (κ3) is 5.42. The van der Waals surface area contributed by atoms with Crippen molar-refractivity contribution in [3.63, 3.8) is 0 Å². The zero-order chi connectivity index (χ0) is 25.7. The first kappa shape index (κ1) is 25.4. The van der Waals surface area contributed by atoms with Gasteiger partial charge in [0.05, 0.1) is 30.7 Å². The largest absolute Gasteiger partial charge is 0.491 e. The molecule has 3 aromatic rings. The van der Waals surface area contributed by atoms with Crippen LogP contribution in [-0.4, -0.2) is 77.1 Å². The molecule has 1 aromatic heterocycles. The predicted octanol–water partition coefficient (Wildman–Crippen LogP) is 3.54. The molecule has 37 heavy (non-hydrogen) atoms. The first-order chi connectivity index (χ1) is 18.1. The highest BCUT2D eigenvalue weighted by molar-refractivity contribution is 5.98. The van der Waals surface area contributed by atoms with Gasteiger partial charge < -0.3 is 29.4 Å². The average Bonchev–Trinajstić information content (AvgIpc) is 3.38. The van der Waals surface area contributed by atoms with Crippen molar-refractivity contribution in [2.45, 2.75) is 43.4 Å². The Balaban J connectivity index is 1.48. The normalized spacial score (nSPS) is 24.1. The van der Waals surface area contributed by atoms with E-state index in [2.05, 4.69) is 10.3 Å². The van der Waals surface area contributed by atoms with Gasteiger partial charge in [0, 0.05) is 32.3 Å². The molecule has 0 unspecified atom stereocenters. The van der Waals surface area contributed by atoms with Crippen LogP contribution >= 0.6 is 0 Å². The summed E-state index contributed by atoms with van der Waals surface area (Å²) in [4.78, 5) is 20.6. The molecule has 2 fully saturated rings. The van der Waals surface area contributed by atoms with Gasteiger partial charge in [0.1, 0.15) is 18.0 Å². The molecule has 0 spiro atoms. The molecule has 8 heteroatoms. The Morgan fingerprint density at radius 2 is 1.89 bits per heavy atom. The third-order valence-corrected chi connectivity index (χ3v) is 7.53. The summed E-state index contributed by atoms with van der Waals surface area (Å²) >= 11 is 0. The standard InChI is InChI=1S/C29H36N4O4/c1-36-20-29(35)15-9-8-14-25(29)33-21-31-26(27(33)22-10-4-2-5-11-22)28(34)32-17-16-30-18-23(32)19-37-24-12-6-3-7-13-24/h2-7,10-13,21,23,25,30,35H,8-9,14-20H2,1H3/t23-,25+,29+/m0/s1. The molecule has 1 saturated carbocycles. The molecule has 2 aliphatic rings. The van der Waals surface area contributed by atoms with E-state index in [4.69, 9.17) is 9.47 Å². The van der Waals surface area contributed by atoms with E-state index in [1.54, 1.807) is 13.4 Å². The van der Waals surface area contributed by atoms with Crippen LogP contribution in [0.15, 0.2) is 67.0 Å². The van der Waals surface area contributed by atoms with Gasteiger partial charge in [-0.15, -0.1) is 0 Å². The van der Waals surface area contributed by atoms with Crippen LogP contribution in [0, 0.1) is 0 Å². The van der Waals surface area contributed by atoms with Gasteiger partial charge in [-0.1, -0.05) is 61.4 Å². The van der Waals surface area contributed by atoms with Crippen molar-refractivity contribution in [2.24, 2.45) is 0 Å². The smallest absolute Gasteiger partial charge is 0.275 e. The molecule has 1 amide bonds. The Labute approximate surface area is 218 Å². The summed E-state index contributed by atoms with van der Waals surface area (Å²) in [6, 6.07) is 19.2. The SMILES string of the molecule is COC[C@]1(O)CCCC[C@H]1n1cnc(C(=O)N2CCNC[C@H]2COc2ccccc2)c1-c1ccccc1. The molecule has 2 aromatic carbocycles. The molecule has 196 valence electrons. The fourth-order valence-corrected chi connectivity index (χ4v) is 5.68. The molecule has 2 N–H and O–H groups in total. The van der Waals surface area contributed by atoms with Gasteiger partial charge in [0.15, 0.2) is 5.69 Å². The number of ether oxygens (including phenoxy) is 2. The summed E-state index contributed by atoms with van der Waals surface area (Å²) in [7, 11) is 1.62. The number of benzene rings is 2.